The summed E-state index contributed by atoms with van der Waals surface area (Å²) in [5.74, 6) is 0. The zero-order chi connectivity index (χ0) is 11.9. The molecule has 0 aromatic rings. The number of urea groups is 1. The van der Waals surface area contributed by atoms with E-state index in [1.54, 1.807) is 0 Å². The van der Waals surface area contributed by atoms with Gasteiger partial charge >= 0.3 is 6.03 Å². The highest BCUT2D eigenvalue weighted by molar-refractivity contribution is 5.74. The molecule has 2 heterocycles. The predicted molar refractivity (Wildman–Crippen MR) is 66.1 cm³/mol. The molecule has 0 saturated carbocycles. The second-order valence-corrected chi connectivity index (χ2v) is 4.73. The van der Waals surface area contributed by atoms with E-state index in [4.69, 9.17) is 4.74 Å². The lowest BCUT2D eigenvalue weighted by molar-refractivity contribution is 0.0530. The maximum absolute atomic E-state index is 11.8. The first kappa shape index (κ1) is 12.6. The van der Waals surface area contributed by atoms with Crippen LogP contribution < -0.4 is 5.32 Å². The second kappa shape index (κ2) is 6.81. The summed E-state index contributed by atoms with van der Waals surface area (Å²) in [5, 5.41) is 2.99. The van der Waals surface area contributed by atoms with Gasteiger partial charge in [0.2, 0.25) is 0 Å². The Morgan fingerprint density at radius 1 is 1.06 bits per heavy atom. The largest absolute Gasteiger partial charge is 0.378 e. The van der Waals surface area contributed by atoms with Crippen molar-refractivity contribution in [3.05, 3.63) is 0 Å². The lowest BCUT2D eigenvalue weighted by Gasteiger charge is -2.29. The third kappa shape index (κ3) is 4.16. The van der Waals surface area contributed by atoms with Gasteiger partial charge in [-0.1, -0.05) is 6.42 Å². The number of amides is 2. The standard InChI is InChI=1S/C12H23N3O2/c16-12(15-8-10-17-11-9-15)13-4-7-14-5-2-1-3-6-14/h1-11H2,(H,13,16). The van der Waals surface area contributed by atoms with E-state index in [1.807, 2.05) is 4.90 Å². The minimum atomic E-state index is 0.0605. The Hall–Kier alpha value is -0.810. The summed E-state index contributed by atoms with van der Waals surface area (Å²) in [5.41, 5.74) is 0. The number of nitrogens with zero attached hydrogens (tertiary/aromatic N) is 2. The van der Waals surface area contributed by atoms with Crippen molar-refractivity contribution in [2.75, 3.05) is 52.5 Å². The van der Waals surface area contributed by atoms with Crippen LogP contribution in [-0.4, -0.2) is 68.3 Å². The highest BCUT2D eigenvalue weighted by Crippen LogP contribution is 2.07. The zero-order valence-electron chi connectivity index (χ0n) is 10.5. The fourth-order valence-electron chi connectivity index (χ4n) is 2.38. The average Bonchev–Trinajstić information content (AvgIpc) is 2.41. The molecular weight excluding hydrogens is 218 g/mol. The third-order valence-corrected chi connectivity index (χ3v) is 3.45. The van der Waals surface area contributed by atoms with Crippen molar-refractivity contribution < 1.29 is 9.53 Å². The van der Waals surface area contributed by atoms with Crippen LogP contribution in [0.5, 0.6) is 0 Å². The molecule has 0 unspecified atom stereocenters. The summed E-state index contributed by atoms with van der Waals surface area (Å²) in [4.78, 5) is 16.0. The zero-order valence-corrected chi connectivity index (χ0v) is 10.5. The van der Waals surface area contributed by atoms with E-state index in [2.05, 4.69) is 10.2 Å². The van der Waals surface area contributed by atoms with Gasteiger partial charge in [-0.05, 0) is 25.9 Å². The molecule has 0 radical (unpaired) electrons. The van der Waals surface area contributed by atoms with E-state index in [-0.39, 0.29) is 6.03 Å². The quantitative estimate of drug-likeness (QED) is 0.783. The number of rotatable bonds is 3. The SMILES string of the molecule is O=C(NCCN1CCCCC1)N1CCOCC1. The van der Waals surface area contributed by atoms with Crippen LogP contribution in [0.4, 0.5) is 4.79 Å². The number of carbonyl (C=O) groups is 1. The van der Waals surface area contributed by atoms with Crippen molar-refractivity contribution in [1.82, 2.24) is 15.1 Å². The summed E-state index contributed by atoms with van der Waals surface area (Å²) in [6.45, 7) is 6.89. The van der Waals surface area contributed by atoms with Crippen LogP contribution in [-0.2, 0) is 4.74 Å². The maximum atomic E-state index is 11.8. The van der Waals surface area contributed by atoms with E-state index in [9.17, 15) is 4.79 Å². The van der Waals surface area contributed by atoms with E-state index < -0.39 is 0 Å². The van der Waals surface area contributed by atoms with Crippen LogP contribution in [0.2, 0.25) is 0 Å². The van der Waals surface area contributed by atoms with E-state index >= 15 is 0 Å². The molecule has 0 aromatic heterocycles. The first-order valence-electron chi connectivity index (χ1n) is 6.69. The van der Waals surface area contributed by atoms with Gasteiger partial charge in [-0.2, -0.15) is 0 Å². The van der Waals surface area contributed by atoms with Crippen LogP contribution in [0.1, 0.15) is 19.3 Å². The molecule has 0 atom stereocenters. The van der Waals surface area contributed by atoms with Gasteiger partial charge < -0.3 is 19.9 Å². The Bertz CT molecular complexity index is 236. The molecular formula is C12H23N3O2. The first-order chi connectivity index (χ1) is 8.36. The van der Waals surface area contributed by atoms with Gasteiger partial charge in [0.1, 0.15) is 0 Å². The molecule has 17 heavy (non-hydrogen) atoms. The second-order valence-electron chi connectivity index (χ2n) is 4.73. The number of morpholine rings is 1. The monoisotopic (exact) mass is 241 g/mol. The predicted octanol–water partition coefficient (Wildman–Crippen LogP) is 0.514. The third-order valence-electron chi connectivity index (χ3n) is 3.45. The van der Waals surface area contributed by atoms with Crippen molar-refractivity contribution >= 4 is 6.03 Å². The molecule has 2 aliphatic heterocycles. The molecule has 2 saturated heterocycles. The Morgan fingerprint density at radius 3 is 2.47 bits per heavy atom. The van der Waals surface area contributed by atoms with E-state index in [1.165, 1.54) is 32.4 Å². The Labute approximate surface area is 103 Å². The summed E-state index contributed by atoms with van der Waals surface area (Å²) >= 11 is 0. The molecule has 2 rings (SSSR count). The van der Waals surface area contributed by atoms with Crippen molar-refractivity contribution in [1.29, 1.82) is 0 Å². The Balaban J connectivity index is 1.58. The lowest BCUT2D eigenvalue weighted by atomic mass is 10.1. The molecule has 5 heteroatoms. The minimum absolute atomic E-state index is 0.0605. The minimum Gasteiger partial charge on any atom is -0.378 e. The number of hydrogen-bond acceptors (Lipinski definition) is 3. The van der Waals surface area contributed by atoms with Gasteiger partial charge in [0, 0.05) is 26.2 Å². The number of carbonyl (C=O) groups excluding carboxylic acids is 1. The number of hydrogen-bond donors (Lipinski definition) is 1. The van der Waals surface area contributed by atoms with Gasteiger partial charge in [0.05, 0.1) is 13.2 Å². The molecule has 0 aliphatic carbocycles. The molecule has 2 aliphatic rings. The average molecular weight is 241 g/mol. The lowest BCUT2D eigenvalue weighted by Crippen LogP contribution is -2.48. The molecule has 2 amide bonds. The van der Waals surface area contributed by atoms with E-state index in [0.717, 1.165) is 26.2 Å². The van der Waals surface area contributed by atoms with Crippen LogP contribution in [0, 0.1) is 0 Å². The summed E-state index contributed by atoms with van der Waals surface area (Å²) < 4.78 is 5.22. The van der Waals surface area contributed by atoms with Gasteiger partial charge in [0.25, 0.3) is 0 Å². The molecule has 0 spiro atoms. The van der Waals surface area contributed by atoms with Gasteiger partial charge in [-0.15, -0.1) is 0 Å². The Morgan fingerprint density at radius 2 is 1.76 bits per heavy atom. The number of nitrogens with one attached hydrogen (secondary N) is 1. The first-order valence-corrected chi connectivity index (χ1v) is 6.69. The fraction of sp³-hybridized carbons (Fsp3) is 0.917. The molecule has 0 aromatic carbocycles. The van der Waals surface area contributed by atoms with Gasteiger partial charge in [-0.25, -0.2) is 4.79 Å². The molecule has 5 nitrogen and oxygen atoms in total. The topological polar surface area (TPSA) is 44.8 Å². The Kier molecular flexibility index (Phi) is 5.07. The number of likely N-dealkylation sites (tertiary alicyclic amines) is 1. The molecule has 98 valence electrons. The van der Waals surface area contributed by atoms with Crippen LogP contribution in [0.15, 0.2) is 0 Å². The van der Waals surface area contributed by atoms with Gasteiger partial charge in [0.15, 0.2) is 0 Å². The van der Waals surface area contributed by atoms with Crippen LogP contribution in [0.25, 0.3) is 0 Å². The van der Waals surface area contributed by atoms with Crippen LogP contribution >= 0.6 is 0 Å². The number of piperidine rings is 1. The normalized spacial score (nSPS) is 22.5. The molecule has 1 N–H and O–H groups in total. The van der Waals surface area contributed by atoms with Crippen molar-refractivity contribution in [2.24, 2.45) is 0 Å². The maximum Gasteiger partial charge on any atom is 0.317 e. The van der Waals surface area contributed by atoms with Gasteiger partial charge in [-0.3, -0.25) is 0 Å². The fourth-order valence-corrected chi connectivity index (χ4v) is 2.38. The van der Waals surface area contributed by atoms with Crippen molar-refractivity contribution in [3.63, 3.8) is 0 Å². The van der Waals surface area contributed by atoms with E-state index in [0.29, 0.717) is 13.2 Å². The van der Waals surface area contributed by atoms with Crippen LogP contribution in [0.3, 0.4) is 0 Å². The summed E-state index contributed by atoms with van der Waals surface area (Å²) in [6, 6.07) is 0.0605. The highest BCUT2D eigenvalue weighted by Gasteiger charge is 2.16. The number of ether oxygens (including phenoxy) is 1. The molecule has 0 bridgehead atoms. The molecule has 2 fully saturated rings. The smallest absolute Gasteiger partial charge is 0.317 e. The van der Waals surface area contributed by atoms with Crippen molar-refractivity contribution in [3.8, 4) is 0 Å². The summed E-state index contributed by atoms with van der Waals surface area (Å²) in [7, 11) is 0. The van der Waals surface area contributed by atoms with Crippen molar-refractivity contribution in [2.45, 2.75) is 19.3 Å². The summed E-state index contributed by atoms with van der Waals surface area (Å²) in [6.07, 6.45) is 3.96. The highest BCUT2D eigenvalue weighted by atomic mass is 16.5.